The van der Waals surface area contributed by atoms with Crippen LogP contribution in [0.5, 0.6) is 0 Å². The van der Waals surface area contributed by atoms with Crippen LogP contribution >= 0.6 is 0 Å². The summed E-state index contributed by atoms with van der Waals surface area (Å²) < 4.78 is 0. The number of aromatic amines is 1. The average molecular weight is 824 g/mol. The van der Waals surface area contributed by atoms with Crippen molar-refractivity contribution in [1.29, 1.82) is 0 Å². The molecule has 60 heavy (non-hydrogen) atoms. The lowest BCUT2D eigenvalue weighted by Crippen LogP contribution is -2.60. The molecule has 0 bridgehead atoms. The van der Waals surface area contributed by atoms with Crippen molar-refractivity contribution in [2.75, 3.05) is 13.1 Å². The van der Waals surface area contributed by atoms with Gasteiger partial charge in [-0.05, 0) is 60.1 Å². The molecule has 18 nitrogen and oxygen atoms in total. The molecule has 13 N–H and O–H groups in total. The Bertz CT molecular complexity index is 2240. The van der Waals surface area contributed by atoms with Crippen LogP contribution in [0.2, 0.25) is 0 Å². The molecule has 0 aliphatic carbocycles. The van der Waals surface area contributed by atoms with E-state index in [1.165, 1.54) is 6.92 Å². The van der Waals surface area contributed by atoms with Crippen LogP contribution in [0.3, 0.4) is 0 Å². The molecule has 2 heterocycles. The summed E-state index contributed by atoms with van der Waals surface area (Å²) in [6, 6.07) is 14.3. The average Bonchev–Trinajstić information content (AvgIpc) is 3.62. The number of fused-ring (bicyclic) bond motifs is 2. The maximum absolute atomic E-state index is 14.4. The predicted molar refractivity (Wildman–Crippen MR) is 226 cm³/mol. The van der Waals surface area contributed by atoms with Crippen molar-refractivity contribution < 1.29 is 33.6 Å². The Morgan fingerprint density at radius 2 is 1.43 bits per heavy atom. The van der Waals surface area contributed by atoms with E-state index in [0.29, 0.717) is 24.0 Å². The highest BCUT2D eigenvalue weighted by atomic mass is 16.2. The highest BCUT2D eigenvalue weighted by Crippen LogP contribution is 2.20. The van der Waals surface area contributed by atoms with Crippen LogP contribution in [0.1, 0.15) is 56.6 Å². The largest absolute Gasteiger partial charge is 0.370 e. The Kier molecular flexibility index (Phi) is 15.6. The van der Waals surface area contributed by atoms with Crippen LogP contribution in [-0.2, 0) is 46.4 Å². The van der Waals surface area contributed by atoms with Crippen molar-refractivity contribution >= 4 is 69.0 Å². The first-order chi connectivity index (χ1) is 28.8. The van der Waals surface area contributed by atoms with Crippen molar-refractivity contribution in [3.05, 3.63) is 84.1 Å². The maximum atomic E-state index is 14.4. The zero-order valence-electron chi connectivity index (χ0n) is 33.4. The van der Waals surface area contributed by atoms with Crippen molar-refractivity contribution in [3.63, 3.8) is 0 Å². The normalized spacial score (nSPS) is 21.4. The molecule has 1 aliphatic rings. The molecule has 18 heteroatoms. The minimum Gasteiger partial charge on any atom is -0.370 e. The van der Waals surface area contributed by atoms with E-state index in [1.807, 2.05) is 66.7 Å². The van der Waals surface area contributed by atoms with Gasteiger partial charge in [-0.15, -0.1) is 0 Å². The number of primary amides is 1. The van der Waals surface area contributed by atoms with Gasteiger partial charge in [0.25, 0.3) is 0 Å². The predicted octanol–water partition coefficient (Wildman–Crippen LogP) is -0.221. The van der Waals surface area contributed by atoms with E-state index in [-0.39, 0.29) is 51.2 Å². The molecular weight excluding hydrogens is 771 g/mol. The number of aliphatic imine (C=N–C) groups is 1. The van der Waals surface area contributed by atoms with Gasteiger partial charge in [0, 0.05) is 50.0 Å². The van der Waals surface area contributed by atoms with E-state index < -0.39 is 78.0 Å². The Morgan fingerprint density at radius 3 is 2.18 bits per heavy atom. The summed E-state index contributed by atoms with van der Waals surface area (Å²) >= 11 is 0. The Labute approximate surface area is 346 Å². The van der Waals surface area contributed by atoms with E-state index in [0.717, 1.165) is 21.7 Å². The van der Waals surface area contributed by atoms with Gasteiger partial charge in [-0.2, -0.15) is 0 Å². The fourth-order valence-corrected chi connectivity index (χ4v) is 7.10. The summed E-state index contributed by atoms with van der Waals surface area (Å²) in [4.78, 5) is 102. The molecule has 1 fully saturated rings. The molecule has 5 rings (SSSR count). The second-order valence-electron chi connectivity index (χ2n) is 14.8. The minimum atomic E-state index is -1.35. The van der Waals surface area contributed by atoms with E-state index in [9.17, 15) is 33.6 Å². The number of nitrogens with two attached hydrogens (primary N) is 3. The lowest BCUT2D eigenvalue weighted by molar-refractivity contribution is -0.135. The number of amides is 7. The quantitative estimate of drug-likeness (QED) is 0.0574. The molecule has 7 amide bonds. The summed E-state index contributed by atoms with van der Waals surface area (Å²) in [6.07, 6.45) is 2.35. The highest BCUT2D eigenvalue weighted by Gasteiger charge is 2.33. The van der Waals surface area contributed by atoms with Crippen molar-refractivity contribution in [3.8, 4) is 0 Å². The highest BCUT2D eigenvalue weighted by molar-refractivity contribution is 5.98. The summed E-state index contributed by atoms with van der Waals surface area (Å²) in [6.45, 7) is 1.47. The van der Waals surface area contributed by atoms with Gasteiger partial charge in [-0.25, -0.2) is 0 Å². The van der Waals surface area contributed by atoms with Crippen LogP contribution < -0.4 is 49.1 Å². The van der Waals surface area contributed by atoms with Gasteiger partial charge < -0.3 is 54.1 Å². The zero-order chi connectivity index (χ0) is 43.2. The molecule has 1 saturated heterocycles. The third-order valence-corrected chi connectivity index (χ3v) is 10.2. The molecule has 4 aromatic rings. The van der Waals surface area contributed by atoms with Crippen molar-refractivity contribution in [2.45, 2.75) is 88.5 Å². The van der Waals surface area contributed by atoms with E-state index in [1.54, 1.807) is 6.20 Å². The van der Waals surface area contributed by atoms with Crippen molar-refractivity contribution in [2.24, 2.45) is 22.2 Å². The fourth-order valence-electron chi connectivity index (χ4n) is 7.10. The molecule has 1 aliphatic heterocycles. The first kappa shape index (κ1) is 44.1. The number of H-pyrrole nitrogens is 1. The lowest BCUT2D eigenvalue weighted by Gasteiger charge is -2.27. The number of nitrogens with one attached hydrogen (secondary N) is 7. The number of hydrogen-bond acceptors (Lipinski definition) is 8. The summed E-state index contributed by atoms with van der Waals surface area (Å²) in [7, 11) is 0. The number of nitrogens with zero attached hydrogens (tertiary/aromatic N) is 1. The van der Waals surface area contributed by atoms with Crippen LogP contribution in [0.4, 0.5) is 0 Å². The summed E-state index contributed by atoms with van der Waals surface area (Å²) in [5, 5.41) is 18.8. The molecule has 318 valence electrons. The van der Waals surface area contributed by atoms with E-state index in [4.69, 9.17) is 17.2 Å². The number of para-hydroxylation sites is 1. The first-order valence-electron chi connectivity index (χ1n) is 19.9. The van der Waals surface area contributed by atoms with Gasteiger partial charge in [-0.1, -0.05) is 60.7 Å². The molecular formula is C42H53N11O7. The fraction of sp³-hybridized carbons (Fsp3) is 0.381. The summed E-state index contributed by atoms with van der Waals surface area (Å²) in [5.74, 6) is -5.07. The molecule has 0 spiro atoms. The molecule has 5 atom stereocenters. The monoisotopic (exact) mass is 823 g/mol. The lowest BCUT2D eigenvalue weighted by atomic mass is 9.99. The number of aromatic nitrogens is 1. The second kappa shape index (κ2) is 21.1. The smallest absolute Gasteiger partial charge is 0.243 e. The Balaban J connectivity index is 1.52. The number of hydrogen-bond donors (Lipinski definition) is 10. The van der Waals surface area contributed by atoms with Crippen LogP contribution in [-0.4, -0.2) is 95.6 Å². The van der Waals surface area contributed by atoms with Gasteiger partial charge in [0.05, 0.1) is 6.42 Å². The third kappa shape index (κ3) is 12.8. The number of carbonyl (C=O) groups is 7. The number of guanidine groups is 1. The molecule has 0 unspecified atom stereocenters. The topological polar surface area (TPSA) is 298 Å². The van der Waals surface area contributed by atoms with Gasteiger partial charge >= 0.3 is 0 Å². The number of benzene rings is 3. The van der Waals surface area contributed by atoms with Crippen LogP contribution in [0, 0.1) is 0 Å². The number of rotatable bonds is 10. The SMILES string of the molecule is CC(=O)N[C@H]1CC(=O)NCCCC[C@H](C(N)=O)NC(=O)[C@@H](Cc2c[nH]c3ccccc23)NC(=O)[C@H](CCCN=C(N)N)NC(=O)[C@H](Cc2ccc3ccccc3c2)NC1=O. The van der Waals surface area contributed by atoms with Crippen molar-refractivity contribution in [1.82, 2.24) is 36.9 Å². The Morgan fingerprint density at radius 1 is 0.767 bits per heavy atom. The maximum Gasteiger partial charge on any atom is 0.243 e. The van der Waals surface area contributed by atoms with Crippen LogP contribution in [0.15, 0.2) is 77.9 Å². The van der Waals surface area contributed by atoms with Gasteiger partial charge in [0.1, 0.15) is 30.2 Å². The third-order valence-electron chi connectivity index (χ3n) is 10.2. The van der Waals surface area contributed by atoms with Gasteiger partial charge in [-0.3, -0.25) is 38.6 Å². The summed E-state index contributed by atoms with van der Waals surface area (Å²) in [5.41, 5.74) is 19.0. The first-order valence-corrected chi connectivity index (χ1v) is 19.9. The van der Waals surface area contributed by atoms with Gasteiger partial charge in [0.2, 0.25) is 41.4 Å². The zero-order valence-corrected chi connectivity index (χ0v) is 33.4. The molecule has 3 aromatic carbocycles. The van der Waals surface area contributed by atoms with E-state index >= 15 is 0 Å². The molecule has 1 aromatic heterocycles. The Hall–Kier alpha value is -6.98. The van der Waals surface area contributed by atoms with Gasteiger partial charge in [0.15, 0.2) is 5.96 Å². The second-order valence-corrected chi connectivity index (χ2v) is 14.8. The number of carbonyl (C=O) groups excluding carboxylic acids is 7. The standard InChI is InChI=1S/C42H53N11O7/c1-24(54)49-35-22-36(55)46-17-7-6-13-31(37(43)56)50-40(59)34(21-28-23-48-30-12-5-4-11-29(28)30)53-38(57)32(14-8-18-47-42(44)45)51-39(58)33(52-41(35)60)20-25-15-16-26-9-2-3-10-27(26)19-25/h2-5,9-12,15-16,19,23,31-35,48H,6-8,13-14,17-18,20-22H2,1H3,(H2,43,56)(H,46,55)(H,49,54)(H,50,59)(H,51,58)(H,52,60)(H,53,57)(H4,44,45,47)/t31-,32+,33+,34-,35+/m1/s1. The minimum absolute atomic E-state index is 0.00104. The van der Waals surface area contributed by atoms with Crippen LogP contribution in [0.25, 0.3) is 21.7 Å². The molecule has 0 radical (unpaired) electrons. The van der Waals surface area contributed by atoms with E-state index in [2.05, 4.69) is 41.9 Å². The molecule has 0 saturated carbocycles.